The summed E-state index contributed by atoms with van der Waals surface area (Å²) in [5, 5.41) is 5.38. The van der Waals surface area contributed by atoms with Crippen LogP contribution >= 0.6 is 24.0 Å². The number of aromatic nitrogens is 4. The van der Waals surface area contributed by atoms with Gasteiger partial charge in [0.1, 0.15) is 5.52 Å². The Bertz CT molecular complexity index is 682. The Morgan fingerprint density at radius 2 is 2.19 bits per heavy atom. The standard InChI is InChI=1S/C15H24N4S2/c1-4-7-10-13-14(18(3)17-10)19(15(20)16-13)11-8-6-9-12(11)21-5-2/h11-12H,4-9H2,1-3H3,(H,16,20). The highest BCUT2D eigenvalue weighted by Gasteiger charge is 2.31. The lowest BCUT2D eigenvalue weighted by Crippen LogP contribution is -2.17. The number of aryl methyl sites for hydroxylation is 2. The van der Waals surface area contributed by atoms with Gasteiger partial charge in [-0.25, -0.2) is 0 Å². The Kier molecular flexibility index (Phi) is 4.45. The zero-order valence-electron chi connectivity index (χ0n) is 13.1. The minimum absolute atomic E-state index is 0.515. The first-order chi connectivity index (χ1) is 10.2. The van der Waals surface area contributed by atoms with Crippen LogP contribution in [-0.4, -0.2) is 30.3 Å². The number of H-pyrrole nitrogens is 1. The van der Waals surface area contributed by atoms with Gasteiger partial charge in [-0.2, -0.15) is 16.9 Å². The third kappa shape index (κ3) is 2.57. The van der Waals surface area contributed by atoms with E-state index in [0.29, 0.717) is 11.3 Å². The van der Waals surface area contributed by atoms with Crippen LogP contribution in [0.1, 0.15) is 51.3 Å². The van der Waals surface area contributed by atoms with Crippen molar-refractivity contribution in [3.63, 3.8) is 0 Å². The molecule has 21 heavy (non-hydrogen) atoms. The van der Waals surface area contributed by atoms with Gasteiger partial charge in [-0.1, -0.05) is 26.7 Å². The number of nitrogens with zero attached hydrogens (tertiary/aromatic N) is 3. The lowest BCUT2D eigenvalue weighted by Gasteiger charge is -2.20. The fourth-order valence-electron chi connectivity index (χ4n) is 3.57. The maximum absolute atomic E-state index is 5.64. The quantitative estimate of drug-likeness (QED) is 0.836. The van der Waals surface area contributed by atoms with Crippen LogP contribution in [0.4, 0.5) is 0 Å². The molecule has 4 nitrogen and oxygen atoms in total. The third-order valence-electron chi connectivity index (χ3n) is 4.39. The normalized spacial score (nSPS) is 22.4. The van der Waals surface area contributed by atoms with Crippen LogP contribution in [0.25, 0.3) is 11.2 Å². The molecule has 1 fully saturated rings. The van der Waals surface area contributed by atoms with Gasteiger partial charge in [0.2, 0.25) is 0 Å². The predicted molar refractivity (Wildman–Crippen MR) is 92.7 cm³/mol. The molecular formula is C15H24N4S2. The Labute approximate surface area is 135 Å². The molecule has 116 valence electrons. The van der Waals surface area contributed by atoms with E-state index >= 15 is 0 Å². The van der Waals surface area contributed by atoms with Crippen molar-refractivity contribution in [3.05, 3.63) is 10.5 Å². The smallest absolute Gasteiger partial charge is 0.179 e. The molecule has 2 aromatic rings. The van der Waals surface area contributed by atoms with Gasteiger partial charge in [0.25, 0.3) is 0 Å². The van der Waals surface area contributed by atoms with Crippen LogP contribution < -0.4 is 0 Å². The summed E-state index contributed by atoms with van der Waals surface area (Å²) in [5.41, 5.74) is 3.48. The molecule has 0 bridgehead atoms. The molecule has 1 N–H and O–H groups in total. The van der Waals surface area contributed by atoms with Crippen molar-refractivity contribution < 1.29 is 0 Å². The fraction of sp³-hybridized carbons (Fsp3) is 0.733. The van der Waals surface area contributed by atoms with Crippen LogP contribution in [0.2, 0.25) is 0 Å². The Morgan fingerprint density at radius 3 is 2.90 bits per heavy atom. The highest BCUT2D eigenvalue weighted by atomic mass is 32.2. The molecule has 6 heteroatoms. The van der Waals surface area contributed by atoms with Crippen molar-refractivity contribution in [2.75, 3.05) is 5.75 Å². The molecule has 0 amide bonds. The van der Waals surface area contributed by atoms with Crippen molar-refractivity contribution in [2.24, 2.45) is 7.05 Å². The minimum Gasteiger partial charge on any atom is -0.328 e. The summed E-state index contributed by atoms with van der Waals surface area (Å²) >= 11 is 7.72. The molecule has 0 aromatic carbocycles. The number of rotatable bonds is 5. The van der Waals surface area contributed by atoms with E-state index in [1.165, 1.54) is 30.7 Å². The Morgan fingerprint density at radius 1 is 1.38 bits per heavy atom. The van der Waals surface area contributed by atoms with Crippen LogP contribution in [-0.2, 0) is 13.5 Å². The van der Waals surface area contributed by atoms with Crippen LogP contribution in [0.3, 0.4) is 0 Å². The van der Waals surface area contributed by atoms with E-state index in [-0.39, 0.29) is 0 Å². The van der Waals surface area contributed by atoms with Crippen molar-refractivity contribution in [3.8, 4) is 0 Å². The lowest BCUT2D eigenvalue weighted by molar-refractivity contribution is 0.523. The molecule has 1 saturated carbocycles. The molecular weight excluding hydrogens is 300 g/mol. The van der Waals surface area contributed by atoms with Gasteiger partial charge in [0, 0.05) is 18.3 Å². The first-order valence-corrected chi connectivity index (χ1v) is 9.40. The molecule has 2 aromatic heterocycles. The summed E-state index contributed by atoms with van der Waals surface area (Å²) in [6, 6.07) is 0.515. The van der Waals surface area contributed by atoms with E-state index in [9.17, 15) is 0 Å². The van der Waals surface area contributed by atoms with Crippen LogP contribution in [0.5, 0.6) is 0 Å². The van der Waals surface area contributed by atoms with Gasteiger partial charge in [-0.3, -0.25) is 9.25 Å². The van der Waals surface area contributed by atoms with Crippen LogP contribution in [0.15, 0.2) is 0 Å². The molecule has 2 unspecified atom stereocenters. The number of hydrogen-bond acceptors (Lipinski definition) is 3. The molecule has 0 spiro atoms. The molecule has 1 aliphatic rings. The second-order valence-corrected chi connectivity index (χ2v) is 7.71. The molecule has 0 radical (unpaired) electrons. The highest BCUT2D eigenvalue weighted by molar-refractivity contribution is 7.99. The topological polar surface area (TPSA) is 38.5 Å². The van der Waals surface area contributed by atoms with Crippen LogP contribution in [0, 0.1) is 4.77 Å². The molecule has 2 atom stereocenters. The fourth-order valence-corrected chi connectivity index (χ4v) is 5.13. The van der Waals surface area contributed by atoms with Crippen molar-refractivity contribution in [1.82, 2.24) is 19.3 Å². The number of nitrogens with one attached hydrogen (secondary N) is 1. The zero-order valence-corrected chi connectivity index (χ0v) is 14.7. The molecule has 0 aliphatic heterocycles. The van der Waals surface area contributed by atoms with Gasteiger partial charge in [-0.15, -0.1) is 0 Å². The summed E-state index contributed by atoms with van der Waals surface area (Å²) in [7, 11) is 2.04. The molecule has 2 heterocycles. The molecule has 0 saturated heterocycles. The van der Waals surface area contributed by atoms with Crippen molar-refractivity contribution in [2.45, 2.75) is 57.2 Å². The third-order valence-corrected chi connectivity index (χ3v) is 6.00. The minimum atomic E-state index is 0.515. The van der Waals surface area contributed by atoms with Crippen molar-refractivity contribution in [1.29, 1.82) is 0 Å². The van der Waals surface area contributed by atoms with E-state index in [4.69, 9.17) is 17.3 Å². The second kappa shape index (κ2) is 6.16. The van der Waals surface area contributed by atoms with E-state index in [0.717, 1.165) is 28.8 Å². The molecule has 3 rings (SSSR count). The van der Waals surface area contributed by atoms with Gasteiger partial charge in [-0.05, 0) is 37.2 Å². The Balaban J connectivity index is 2.10. The number of fused-ring (bicyclic) bond motifs is 1. The zero-order chi connectivity index (χ0) is 15.0. The average molecular weight is 325 g/mol. The van der Waals surface area contributed by atoms with Gasteiger partial charge >= 0.3 is 0 Å². The van der Waals surface area contributed by atoms with Gasteiger partial charge in [0.05, 0.1) is 5.69 Å². The largest absolute Gasteiger partial charge is 0.328 e. The van der Waals surface area contributed by atoms with Crippen molar-refractivity contribution >= 4 is 35.1 Å². The van der Waals surface area contributed by atoms with Gasteiger partial charge in [0.15, 0.2) is 10.4 Å². The lowest BCUT2D eigenvalue weighted by atomic mass is 10.2. The van der Waals surface area contributed by atoms with Gasteiger partial charge < -0.3 is 4.98 Å². The second-order valence-electron chi connectivity index (χ2n) is 5.81. The average Bonchev–Trinajstić information content (AvgIpc) is 3.09. The first kappa shape index (κ1) is 15.2. The summed E-state index contributed by atoms with van der Waals surface area (Å²) in [5.74, 6) is 1.18. The van der Waals surface area contributed by atoms with E-state index in [2.05, 4.69) is 35.2 Å². The molecule has 1 aliphatic carbocycles. The summed E-state index contributed by atoms with van der Waals surface area (Å²) in [6.45, 7) is 4.44. The number of hydrogen-bond donors (Lipinski definition) is 1. The summed E-state index contributed by atoms with van der Waals surface area (Å²) < 4.78 is 5.22. The number of imidazole rings is 1. The maximum atomic E-state index is 5.64. The Hall–Kier alpha value is -0.750. The highest BCUT2D eigenvalue weighted by Crippen LogP contribution is 2.40. The summed E-state index contributed by atoms with van der Waals surface area (Å²) in [6.07, 6.45) is 5.95. The number of thioether (sulfide) groups is 1. The van der Waals surface area contributed by atoms with E-state index in [1.807, 2.05) is 11.7 Å². The van der Waals surface area contributed by atoms with E-state index in [1.54, 1.807) is 0 Å². The SMILES string of the molecule is CCCc1nn(C)c2c1[nH]c(=S)n2C1CCCC1SCC. The summed E-state index contributed by atoms with van der Waals surface area (Å²) in [4.78, 5) is 3.43. The van der Waals surface area contributed by atoms with E-state index < -0.39 is 0 Å². The number of aromatic amines is 1. The monoisotopic (exact) mass is 324 g/mol. The predicted octanol–water partition coefficient (Wildman–Crippen LogP) is 4.23. The first-order valence-electron chi connectivity index (χ1n) is 7.95. The maximum Gasteiger partial charge on any atom is 0.179 e.